The molecular formula is C12H17N3O. The molecule has 1 heterocycles. The number of aromatic nitrogens is 1. The first-order valence-electron chi connectivity index (χ1n) is 5.55. The molecule has 1 aliphatic carbocycles. The molecular weight excluding hydrogens is 202 g/mol. The van der Waals surface area contributed by atoms with Crippen LogP contribution < -0.4 is 5.73 Å². The van der Waals surface area contributed by atoms with Crippen LogP contribution in [0.2, 0.25) is 0 Å². The van der Waals surface area contributed by atoms with E-state index in [1.165, 1.54) is 12.8 Å². The standard InChI is InChI=1S/C12H17N3O/c1-8-11(5-10(13)6-14-8)12(16)15(2)7-9-3-4-9/h5-6,9H,3-4,7,13H2,1-2H3. The lowest BCUT2D eigenvalue weighted by Gasteiger charge is -2.17. The molecule has 4 nitrogen and oxygen atoms in total. The summed E-state index contributed by atoms with van der Waals surface area (Å²) in [7, 11) is 1.84. The molecule has 1 amide bonds. The number of rotatable bonds is 3. The number of carbonyl (C=O) groups excluding carboxylic acids is 1. The zero-order valence-electron chi connectivity index (χ0n) is 9.73. The molecule has 0 aromatic carbocycles. The number of carbonyl (C=O) groups is 1. The number of anilines is 1. The summed E-state index contributed by atoms with van der Waals surface area (Å²) < 4.78 is 0. The summed E-state index contributed by atoms with van der Waals surface area (Å²) in [6, 6.07) is 1.70. The molecule has 1 aromatic rings. The minimum atomic E-state index is 0.0178. The van der Waals surface area contributed by atoms with E-state index in [2.05, 4.69) is 4.98 Å². The van der Waals surface area contributed by atoms with E-state index in [1.54, 1.807) is 17.2 Å². The third kappa shape index (κ3) is 2.32. The van der Waals surface area contributed by atoms with Gasteiger partial charge in [-0.05, 0) is 31.7 Å². The van der Waals surface area contributed by atoms with Crippen LogP contribution in [0, 0.1) is 12.8 Å². The Morgan fingerprint density at radius 3 is 2.94 bits per heavy atom. The van der Waals surface area contributed by atoms with Crippen LogP contribution in [0.4, 0.5) is 5.69 Å². The lowest BCUT2D eigenvalue weighted by molar-refractivity contribution is 0.0787. The van der Waals surface area contributed by atoms with Gasteiger partial charge >= 0.3 is 0 Å². The molecule has 2 N–H and O–H groups in total. The molecule has 0 radical (unpaired) electrons. The molecule has 1 fully saturated rings. The van der Waals surface area contributed by atoms with Gasteiger partial charge in [-0.25, -0.2) is 0 Å². The maximum Gasteiger partial charge on any atom is 0.255 e. The molecule has 1 aliphatic rings. The molecule has 0 aliphatic heterocycles. The van der Waals surface area contributed by atoms with E-state index in [0.29, 0.717) is 17.2 Å². The Hall–Kier alpha value is -1.58. The van der Waals surface area contributed by atoms with E-state index in [0.717, 1.165) is 12.2 Å². The fraction of sp³-hybridized carbons (Fsp3) is 0.500. The first kappa shape index (κ1) is 10.9. The van der Waals surface area contributed by atoms with Crippen molar-refractivity contribution in [2.75, 3.05) is 19.3 Å². The highest BCUT2D eigenvalue weighted by Gasteiger charge is 2.25. The van der Waals surface area contributed by atoms with E-state index >= 15 is 0 Å². The average Bonchev–Trinajstić information content (AvgIpc) is 3.04. The van der Waals surface area contributed by atoms with Crippen molar-refractivity contribution in [3.63, 3.8) is 0 Å². The quantitative estimate of drug-likeness (QED) is 0.837. The Balaban J connectivity index is 2.14. The third-order valence-electron chi connectivity index (χ3n) is 2.91. The molecule has 0 atom stereocenters. The summed E-state index contributed by atoms with van der Waals surface area (Å²) in [6.07, 6.45) is 4.06. The van der Waals surface area contributed by atoms with Crippen LogP contribution in [0.15, 0.2) is 12.3 Å². The van der Waals surface area contributed by atoms with Crippen LogP contribution in [0.5, 0.6) is 0 Å². The van der Waals surface area contributed by atoms with Gasteiger partial charge in [0.2, 0.25) is 0 Å². The van der Waals surface area contributed by atoms with Crippen LogP contribution in [0.1, 0.15) is 28.9 Å². The predicted octanol–water partition coefficient (Wildman–Crippen LogP) is 1.45. The topological polar surface area (TPSA) is 59.2 Å². The van der Waals surface area contributed by atoms with Crippen molar-refractivity contribution in [3.05, 3.63) is 23.5 Å². The highest BCUT2D eigenvalue weighted by Crippen LogP contribution is 2.29. The van der Waals surface area contributed by atoms with E-state index in [1.807, 2.05) is 14.0 Å². The number of nitrogens with zero attached hydrogens (tertiary/aromatic N) is 2. The molecule has 0 bridgehead atoms. The van der Waals surface area contributed by atoms with Crippen LogP contribution in [-0.4, -0.2) is 29.4 Å². The van der Waals surface area contributed by atoms with Crippen molar-refractivity contribution < 1.29 is 4.79 Å². The Bertz CT molecular complexity index is 413. The maximum absolute atomic E-state index is 12.1. The highest BCUT2D eigenvalue weighted by molar-refractivity contribution is 5.95. The average molecular weight is 219 g/mol. The molecule has 16 heavy (non-hydrogen) atoms. The molecule has 0 saturated heterocycles. The van der Waals surface area contributed by atoms with Crippen LogP contribution in [-0.2, 0) is 0 Å². The lowest BCUT2D eigenvalue weighted by atomic mass is 10.1. The van der Waals surface area contributed by atoms with Gasteiger partial charge in [-0.15, -0.1) is 0 Å². The maximum atomic E-state index is 12.1. The van der Waals surface area contributed by atoms with E-state index in [9.17, 15) is 4.79 Å². The Morgan fingerprint density at radius 1 is 1.62 bits per heavy atom. The van der Waals surface area contributed by atoms with Gasteiger partial charge in [0.15, 0.2) is 0 Å². The van der Waals surface area contributed by atoms with Gasteiger partial charge < -0.3 is 10.6 Å². The second kappa shape index (κ2) is 4.12. The first-order chi connectivity index (χ1) is 7.58. The smallest absolute Gasteiger partial charge is 0.255 e. The van der Waals surface area contributed by atoms with Crippen LogP contribution in [0.25, 0.3) is 0 Å². The lowest BCUT2D eigenvalue weighted by Crippen LogP contribution is -2.29. The number of nitrogens with two attached hydrogens (primary N) is 1. The zero-order valence-corrected chi connectivity index (χ0v) is 9.73. The minimum absolute atomic E-state index is 0.0178. The Kier molecular flexibility index (Phi) is 2.81. The SMILES string of the molecule is Cc1ncc(N)cc1C(=O)N(C)CC1CC1. The summed E-state index contributed by atoms with van der Waals surface area (Å²) in [6.45, 7) is 2.67. The van der Waals surface area contributed by atoms with Crippen molar-refractivity contribution in [1.82, 2.24) is 9.88 Å². The number of hydrogen-bond acceptors (Lipinski definition) is 3. The Morgan fingerprint density at radius 2 is 2.31 bits per heavy atom. The van der Waals surface area contributed by atoms with Gasteiger partial charge in [-0.3, -0.25) is 9.78 Å². The molecule has 2 rings (SSSR count). The second-order valence-corrected chi connectivity index (χ2v) is 4.53. The summed E-state index contributed by atoms with van der Waals surface area (Å²) in [5, 5.41) is 0. The van der Waals surface area contributed by atoms with Crippen molar-refractivity contribution in [2.45, 2.75) is 19.8 Å². The number of pyridine rings is 1. The van der Waals surface area contributed by atoms with Crippen molar-refractivity contribution >= 4 is 11.6 Å². The van der Waals surface area contributed by atoms with Gasteiger partial charge in [-0.1, -0.05) is 0 Å². The molecule has 0 unspecified atom stereocenters. The summed E-state index contributed by atoms with van der Waals surface area (Å²) >= 11 is 0. The summed E-state index contributed by atoms with van der Waals surface area (Å²) in [5.41, 5.74) is 7.53. The van der Waals surface area contributed by atoms with E-state index in [4.69, 9.17) is 5.73 Å². The van der Waals surface area contributed by atoms with Crippen molar-refractivity contribution in [1.29, 1.82) is 0 Å². The first-order valence-corrected chi connectivity index (χ1v) is 5.55. The normalized spacial score (nSPS) is 14.9. The predicted molar refractivity (Wildman–Crippen MR) is 63.1 cm³/mol. The number of amides is 1. The molecule has 1 saturated carbocycles. The summed E-state index contributed by atoms with van der Waals surface area (Å²) in [5.74, 6) is 0.715. The van der Waals surface area contributed by atoms with Gasteiger partial charge in [-0.2, -0.15) is 0 Å². The van der Waals surface area contributed by atoms with Gasteiger partial charge in [0.1, 0.15) is 0 Å². The minimum Gasteiger partial charge on any atom is -0.397 e. The van der Waals surface area contributed by atoms with Crippen LogP contribution >= 0.6 is 0 Å². The molecule has 86 valence electrons. The number of aryl methyl sites for hydroxylation is 1. The van der Waals surface area contributed by atoms with Crippen molar-refractivity contribution in [2.24, 2.45) is 5.92 Å². The Labute approximate surface area is 95.5 Å². The van der Waals surface area contributed by atoms with Crippen molar-refractivity contribution in [3.8, 4) is 0 Å². The summed E-state index contributed by atoms with van der Waals surface area (Å²) in [4.78, 5) is 18.0. The zero-order chi connectivity index (χ0) is 11.7. The molecule has 4 heteroatoms. The van der Waals surface area contributed by atoms with Crippen LogP contribution in [0.3, 0.4) is 0 Å². The third-order valence-corrected chi connectivity index (χ3v) is 2.91. The fourth-order valence-electron chi connectivity index (χ4n) is 1.74. The van der Waals surface area contributed by atoms with E-state index in [-0.39, 0.29) is 5.91 Å². The molecule has 0 spiro atoms. The molecule has 1 aromatic heterocycles. The highest BCUT2D eigenvalue weighted by atomic mass is 16.2. The van der Waals surface area contributed by atoms with Gasteiger partial charge in [0.05, 0.1) is 23.1 Å². The monoisotopic (exact) mass is 219 g/mol. The van der Waals surface area contributed by atoms with E-state index < -0.39 is 0 Å². The van der Waals surface area contributed by atoms with Gasteiger partial charge in [0.25, 0.3) is 5.91 Å². The number of nitrogen functional groups attached to an aromatic ring is 1. The van der Waals surface area contributed by atoms with Gasteiger partial charge in [0, 0.05) is 13.6 Å². The second-order valence-electron chi connectivity index (χ2n) is 4.53. The largest absolute Gasteiger partial charge is 0.397 e. The number of hydrogen-bond donors (Lipinski definition) is 1. The fourth-order valence-corrected chi connectivity index (χ4v) is 1.74.